The largest absolute Gasteiger partial charge is 0.294 e. The van der Waals surface area contributed by atoms with Crippen LogP contribution in [0.15, 0.2) is 65.9 Å². The number of hydrogen-bond acceptors (Lipinski definition) is 3. The number of allylic oxidation sites excluding steroid dienone is 2. The van der Waals surface area contributed by atoms with Gasteiger partial charge in [0, 0.05) is 44.1 Å². The Hall–Kier alpha value is -2.79. The molecule has 4 rings (SSSR count). The number of benzene rings is 2. The lowest BCUT2D eigenvalue weighted by Crippen LogP contribution is -2.47. The molecule has 1 amide bonds. The van der Waals surface area contributed by atoms with Crippen molar-refractivity contribution in [3.8, 4) is 0 Å². The summed E-state index contributed by atoms with van der Waals surface area (Å²) in [7, 11) is 3.63. The van der Waals surface area contributed by atoms with Gasteiger partial charge < -0.3 is 0 Å². The Labute approximate surface area is 164 Å². The summed E-state index contributed by atoms with van der Waals surface area (Å²) in [4.78, 5) is 26.2. The summed E-state index contributed by atoms with van der Waals surface area (Å²) in [6.45, 7) is 0. The maximum atomic E-state index is 13.4. The zero-order chi connectivity index (χ0) is 19.8. The van der Waals surface area contributed by atoms with Gasteiger partial charge in [-0.15, -0.1) is 0 Å². The first-order valence-corrected chi connectivity index (χ1v) is 9.52. The average molecular weight is 378 g/mol. The smallest absolute Gasteiger partial charge is 0.242 e. The lowest BCUT2D eigenvalue weighted by Gasteiger charge is -2.42. The minimum Gasteiger partial charge on any atom is -0.294 e. The second-order valence-corrected chi connectivity index (χ2v) is 7.66. The lowest BCUT2D eigenvalue weighted by atomic mass is 9.73. The first-order valence-electron chi connectivity index (χ1n) is 9.52. The van der Waals surface area contributed by atoms with Crippen LogP contribution < -0.4 is 0 Å². The summed E-state index contributed by atoms with van der Waals surface area (Å²) < 4.78 is 13.4. The number of carbonyl (C=O) groups excluding carboxylic acids is 2. The third kappa shape index (κ3) is 3.27. The Morgan fingerprint density at radius 1 is 0.893 bits per heavy atom. The quantitative estimate of drug-likeness (QED) is 0.810. The van der Waals surface area contributed by atoms with E-state index in [4.69, 9.17) is 0 Å². The summed E-state index contributed by atoms with van der Waals surface area (Å²) in [5.74, 6) is -0.560. The highest BCUT2D eigenvalue weighted by atomic mass is 19.1. The molecule has 0 bridgehead atoms. The van der Waals surface area contributed by atoms with Crippen molar-refractivity contribution in [1.82, 2.24) is 10.0 Å². The van der Waals surface area contributed by atoms with Crippen molar-refractivity contribution in [2.45, 2.75) is 31.1 Å². The molecule has 0 spiro atoms. The third-order valence-corrected chi connectivity index (χ3v) is 5.65. The molecule has 0 saturated carbocycles. The topological polar surface area (TPSA) is 40.6 Å². The van der Waals surface area contributed by atoms with Gasteiger partial charge in [0.2, 0.25) is 5.91 Å². The van der Waals surface area contributed by atoms with Crippen molar-refractivity contribution in [1.29, 1.82) is 0 Å². The predicted octanol–water partition coefficient (Wildman–Crippen LogP) is 4.02. The van der Waals surface area contributed by atoms with Crippen molar-refractivity contribution in [3.05, 3.63) is 82.8 Å². The van der Waals surface area contributed by atoms with Gasteiger partial charge in [-0.1, -0.05) is 42.5 Å². The molecular formula is C23H23FN2O2. The fraction of sp³-hybridized carbons (Fsp3) is 0.304. The van der Waals surface area contributed by atoms with E-state index in [2.05, 4.69) is 0 Å². The minimum atomic E-state index is -0.325. The molecule has 1 aliphatic carbocycles. The highest BCUT2D eigenvalue weighted by Crippen LogP contribution is 2.45. The van der Waals surface area contributed by atoms with E-state index in [0.717, 1.165) is 16.8 Å². The molecule has 1 aliphatic heterocycles. The van der Waals surface area contributed by atoms with E-state index in [0.29, 0.717) is 18.4 Å². The van der Waals surface area contributed by atoms with Crippen LogP contribution in [0.5, 0.6) is 0 Å². The molecule has 0 N–H and O–H groups in total. The Morgan fingerprint density at radius 2 is 1.57 bits per heavy atom. The zero-order valence-corrected chi connectivity index (χ0v) is 16.1. The van der Waals surface area contributed by atoms with Crippen LogP contribution in [0, 0.1) is 5.82 Å². The minimum absolute atomic E-state index is 0.0420. The number of amides is 1. The molecule has 2 atom stereocenters. The Kier molecular flexibility index (Phi) is 4.85. The number of halogens is 1. The number of hydrazine groups is 1. The van der Waals surface area contributed by atoms with Gasteiger partial charge in [0.15, 0.2) is 5.78 Å². The van der Waals surface area contributed by atoms with Crippen LogP contribution in [-0.4, -0.2) is 35.8 Å². The molecule has 0 radical (unpaired) electrons. The molecule has 0 saturated heterocycles. The number of Topliss-reactive ketones (excluding diaryl/α,β-unsaturated/α-hetero) is 1. The number of hydrogen-bond donors (Lipinski definition) is 0. The lowest BCUT2D eigenvalue weighted by molar-refractivity contribution is -0.143. The maximum absolute atomic E-state index is 13.4. The highest BCUT2D eigenvalue weighted by molar-refractivity contribution is 6.02. The van der Waals surface area contributed by atoms with Gasteiger partial charge in [-0.2, -0.15) is 0 Å². The van der Waals surface area contributed by atoms with E-state index in [1.54, 1.807) is 22.2 Å². The predicted molar refractivity (Wildman–Crippen MR) is 105 cm³/mol. The van der Waals surface area contributed by atoms with E-state index in [9.17, 15) is 14.0 Å². The summed E-state index contributed by atoms with van der Waals surface area (Å²) >= 11 is 0. The molecule has 0 unspecified atom stereocenters. The summed E-state index contributed by atoms with van der Waals surface area (Å²) in [5.41, 5.74) is 3.40. The first-order chi connectivity index (χ1) is 13.5. The number of carbonyl (C=O) groups is 2. The van der Waals surface area contributed by atoms with Crippen LogP contribution in [0.1, 0.15) is 42.2 Å². The SMILES string of the molecule is CN(C)N1C(=O)C[C@H](c2ccc(F)cc2)C2=C1C[C@H](c1ccccc1)CC2=O. The van der Waals surface area contributed by atoms with Crippen molar-refractivity contribution in [2.24, 2.45) is 0 Å². The fourth-order valence-corrected chi connectivity index (χ4v) is 4.42. The standard InChI is InChI=1S/C23H23FN2O2/c1-25(2)26-20-12-17(15-6-4-3-5-7-15)13-21(27)23(20)19(14-22(26)28)16-8-10-18(24)11-9-16/h3-11,17,19H,12-14H2,1-2H3/t17-,19+/m0/s1. The van der Waals surface area contributed by atoms with Crippen LogP contribution in [-0.2, 0) is 9.59 Å². The van der Waals surface area contributed by atoms with E-state index >= 15 is 0 Å². The monoisotopic (exact) mass is 378 g/mol. The molecule has 2 aromatic rings. The van der Waals surface area contributed by atoms with Crippen LogP contribution in [0.3, 0.4) is 0 Å². The summed E-state index contributed by atoms with van der Waals surface area (Å²) in [6.07, 6.45) is 1.27. The summed E-state index contributed by atoms with van der Waals surface area (Å²) in [5, 5.41) is 3.39. The molecular weight excluding hydrogens is 355 g/mol. The fourth-order valence-electron chi connectivity index (χ4n) is 4.42. The molecule has 28 heavy (non-hydrogen) atoms. The van der Waals surface area contributed by atoms with E-state index in [-0.39, 0.29) is 35.8 Å². The van der Waals surface area contributed by atoms with Gasteiger partial charge in [0.25, 0.3) is 0 Å². The number of nitrogens with zero attached hydrogens (tertiary/aromatic N) is 2. The normalized spacial score (nSPS) is 22.6. The maximum Gasteiger partial charge on any atom is 0.242 e. The Balaban J connectivity index is 1.80. The van der Waals surface area contributed by atoms with Gasteiger partial charge in [-0.3, -0.25) is 9.59 Å². The van der Waals surface area contributed by atoms with Gasteiger partial charge >= 0.3 is 0 Å². The van der Waals surface area contributed by atoms with Crippen molar-refractivity contribution in [2.75, 3.05) is 14.1 Å². The van der Waals surface area contributed by atoms with Gasteiger partial charge in [-0.25, -0.2) is 14.4 Å². The second-order valence-electron chi connectivity index (χ2n) is 7.66. The third-order valence-electron chi connectivity index (χ3n) is 5.65. The molecule has 2 aromatic carbocycles. The van der Waals surface area contributed by atoms with Crippen LogP contribution in [0.25, 0.3) is 0 Å². The molecule has 0 fully saturated rings. The molecule has 5 heteroatoms. The molecule has 0 aromatic heterocycles. The van der Waals surface area contributed by atoms with Crippen LogP contribution in [0.4, 0.5) is 4.39 Å². The Bertz CT molecular complexity index is 935. The van der Waals surface area contributed by atoms with Crippen LogP contribution >= 0.6 is 0 Å². The Morgan fingerprint density at radius 3 is 2.21 bits per heavy atom. The van der Waals surface area contributed by atoms with Gasteiger partial charge in [-0.05, 0) is 35.6 Å². The van der Waals surface area contributed by atoms with Crippen molar-refractivity contribution >= 4 is 11.7 Å². The summed E-state index contributed by atoms with van der Waals surface area (Å²) in [6, 6.07) is 16.1. The van der Waals surface area contributed by atoms with E-state index < -0.39 is 0 Å². The molecule has 144 valence electrons. The van der Waals surface area contributed by atoms with Gasteiger partial charge in [0.05, 0.1) is 0 Å². The number of rotatable bonds is 3. The average Bonchev–Trinajstić information content (AvgIpc) is 2.68. The second kappa shape index (κ2) is 7.32. The molecule has 2 aliphatic rings. The zero-order valence-electron chi connectivity index (χ0n) is 16.1. The van der Waals surface area contributed by atoms with Crippen LogP contribution in [0.2, 0.25) is 0 Å². The van der Waals surface area contributed by atoms with Crippen molar-refractivity contribution in [3.63, 3.8) is 0 Å². The van der Waals surface area contributed by atoms with Gasteiger partial charge in [0.1, 0.15) is 5.82 Å². The highest BCUT2D eigenvalue weighted by Gasteiger charge is 2.42. The molecule has 4 nitrogen and oxygen atoms in total. The van der Waals surface area contributed by atoms with E-state index in [1.807, 2.05) is 44.4 Å². The first kappa shape index (κ1) is 18.6. The van der Waals surface area contributed by atoms with E-state index in [1.165, 1.54) is 12.1 Å². The molecule has 1 heterocycles. The number of ketones is 1. The van der Waals surface area contributed by atoms with Crippen molar-refractivity contribution < 1.29 is 14.0 Å².